The molecule has 2 aliphatic rings. The third-order valence-corrected chi connectivity index (χ3v) is 8.37. The number of carbonyl (C=O) groups is 1. The lowest BCUT2D eigenvalue weighted by Crippen LogP contribution is -2.48. The average Bonchev–Trinajstić information content (AvgIpc) is 3.43. The largest absolute Gasteiger partial charge is 0.368 e. The predicted molar refractivity (Wildman–Crippen MR) is 129 cm³/mol. The van der Waals surface area contributed by atoms with E-state index in [0.29, 0.717) is 38.3 Å². The van der Waals surface area contributed by atoms with Crippen molar-refractivity contribution in [3.8, 4) is 11.3 Å². The third kappa shape index (κ3) is 4.57. The first kappa shape index (κ1) is 22.6. The maximum atomic E-state index is 13.3. The number of aryl methyl sites for hydroxylation is 1. The van der Waals surface area contributed by atoms with Crippen molar-refractivity contribution in [1.82, 2.24) is 14.7 Å². The Bertz CT molecular complexity index is 1290. The van der Waals surface area contributed by atoms with E-state index >= 15 is 0 Å². The summed E-state index contributed by atoms with van der Waals surface area (Å²) in [6, 6.07) is 15.8. The summed E-state index contributed by atoms with van der Waals surface area (Å²) in [6.45, 7) is 4.35. The summed E-state index contributed by atoms with van der Waals surface area (Å²) in [6.07, 6.45) is 0.493. The van der Waals surface area contributed by atoms with Crippen molar-refractivity contribution in [3.05, 3.63) is 71.7 Å². The third-order valence-electron chi connectivity index (χ3n) is 6.62. The minimum absolute atomic E-state index is 0.0392. The fourth-order valence-corrected chi connectivity index (χ4v) is 6.36. The summed E-state index contributed by atoms with van der Waals surface area (Å²) in [5, 5.41) is 4.62. The van der Waals surface area contributed by atoms with Gasteiger partial charge in [-0.15, -0.1) is 0 Å². The molecular weight excluding hydrogens is 455 g/mol. The quantitative estimate of drug-likeness (QED) is 0.570. The number of aromatic nitrogens is 2. The lowest BCUT2D eigenvalue weighted by atomic mass is 10.1. The summed E-state index contributed by atoms with van der Waals surface area (Å²) < 4.78 is 39.2. The van der Waals surface area contributed by atoms with Crippen LogP contribution < -0.4 is 4.90 Å². The van der Waals surface area contributed by atoms with Crippen molar-refractivity contribution in [1.29, 1.82) is 0 Å². The van der Waals surface area contributed by atoms with E-state index < -0.39 is 9.84 Å². The van der Waals surface area contributed by atoms with Crippen LogP contribution >= 0.6 is 0 Å². The van der Waals surface area contributed by atoms with Gasteiger partial charge in [-0.1, -0.05) is 29.8 Å². The molecule has 0 saturated carbocycles. The fraction of sp³-hybridized carbons (Fsp3) is 0.360. The van der Waals surface area contributed by atoms with Gasteiger partial charge in [0.05, 0.1) is 23.2 Å². The number of carbonyl (C=O) groups excluding carboxylic acids is 1. The molecule has 9 heteroatoms. The van der Waals surface area contributed by atoms with Crippen LogP contribution in [0.25, 0.3) is 11.3 Å². The Morgan fingerprint density at radius 3 is 2.29 bits per heavy atom. The molecule has 2 saturated heterocycles. The molecule has 2 aromatic carbocycles. The monoisotopic (exact) mass is 482 g/mol. The van der Waals surface area contributed by atoms with E-state index in [1.54, 1.807) is 27.8 Å². The van der Waals surface area contributed by atoms with Crippen LogP contribution in [0.4, 0.5) is 10.1 Å². The molecule has 7 nitrogen and oxygen atoms in total. The number of hydrogen-bond acceptors (Lipinski definition) is 5. The van der Waals surface area contributed by atoms with Gasteiger partial charge in [0.1, 0.15) is 5.82 Å². The maximum absolute atomic E-state index is 13.3. The van der Waals surface area contributed by atoms with Crippen LogP contribution in [-0.4, -0.2) is 66.7 Å². The van der Waals surface area contributed by atoms with Gasteiger partial charge in [-0.25, -0.2) is 12.8 Å². The number of amides is 1. The van der Waals surface area contributed by atoms with Crippen LogP contribution in [0.3, 0.4) is 0 Å². The summed E-state index contributed by atoms with van der Waals surface area (Å²) >= 11 is 0. The Morgan fingerprint density at radius 2 is 1.68 bits per heavy atom. The summed E-state index contributed by atoms with van der Waals surface area (Å²) in [4.78, 5) is 17.2. The second-order valence-corrected chi connectivity index (χ2v) is 11.3. The fourth-order valence-electron chi connectivity index (χ4n) is 4.67. The zero-order valence-corrected chi connectivity index (χ0v) is 19.8. The molecule has 1 aromatic heterocycles. The van der Waals surface area contributed by atoms with Gasteiger partial charge >= 0.3 is 0 Å². The van der Waals surface area contributed by atoms with Crippen LogP contribution in [0, 0.1) is 12.7 Å². The highest BCUT2D eigenvalue weighted by Gasteiger charge is 2.33. The molecule has 0 radical (unpaired) electrons. The van der Waals surface area contributed by atoms with Crippen LogP contribution in [0.5, 0.6) is 0 Å². The van der Waals surface area contributed by atoms with Crippen LogP contribution in [0.1, 0.15) is 28.5 Å². The van der Waals surface area contributed by atoms with Crippen molar-refractivity contribution >= 4 is 21.4 Å². The molecule has 0 unspecified atom stereocenters. The minimum Gasteiger partial charge on any atom is -0.368 e. The number of nitrogens with zero attached hydrogens (tertiary/aromatic N) is 4. The summed E-state index contributed by atoms with van der Waals surface area (Å²) in [5.74, 6) is -0.254. The molecule has 0 aliphatic carbocycles. The van der Waals surface area contributed by atoms with Gasteiger partial charge in [0.15, 0.2) is 15.5 Å². The van der Waals surface area contributed by atoms with E-state index in [2.05, 4.69) is 10.00 Å². The Morgan fingerprint density at radius 1 is 1.00 bits per heavy atom. The normalized spacial score (nSPS) is 20.0. The lowest BCUT2D eigenvalue weighted by Gasteiger charge is -2.35. The van der Waals surface area contributed by atoms with Crippen molar-refractivity contribution in [2.45, 2.75) is 19.4 Å². The van der Waals surface area contributed by atoms with Crippen LogP contribution in [0.2, 0.25) is 0 Å². The second kappa shape index (κ2) is 8.87. The molecule has 1 amide bonds. The van der Waals surface area contributed by atoms with E-state index in [0.717, 1.165) is 22.5 Å². The minimum atomic E-state index is -3.10. The molecule has 3 aromatic rings. The highest BCUT2D eigenvalue weighted by atomic mass is 32.2. The van der Waals surface area contributed by atoms with Crippen molar-refractivity contribution < 1.29 is 17.6 Å². The first-order valence-corrected chi connectivity index (χ1v) is 13.3. The first-order valence-electron chi connectivity index (χ1n) is 11.5. The molecule has 2 aliphatic heterocycles. The van der Waals surface area contributed by atoms with Gasteiger partial charge < -0.3 is 9.80 Å². The smallest absolute Gasteiger partial charge is 0.274 e. The molecular formula is C25H27FN4O3S. The van der Waals surface area contributed by atoms with E-state index in [1.807, 2.05) is 31.2 Å². The number of sulfone groups is 1. The lowest BCUT2D eigenvalue weighted by molar-refractivity contribution is 0.0739. The number of rotatable bonds is 4. The first-order chi connectivity index (χ1) is 16.3. The predicted octanol–water partition coefficient (Wildman–Crippen LogP) is 3.32. The molecule has 0 spiro atoms. The van der Waals surface area contributed by atoms with E-state index in [1.165, 1.54) is 12.1 Å². The van der Waals surface area contributed by atoms with Crippen molar-refractivity contribution in [2.75, 3.05) is 42.6 Å². The highest BCUT2D eigenvalue weighted by molar-refractivity contribution is 7.91. The maximum Gasteiger partial charge on any atom is 0.274 e. The number of benzene rings is 2. The SMILES string of the molecule is Cc1ccc(-c2cc(C(=O)N3CCN(c4ccc(F)cc4)CC3)nn2[C@@H]2CCS(=O)(=O)C2)cc1. The van der Waals surface area contributed by atoms with E-state index in [9.17, 15) is 17.6 Å². The number of hydrogen-bond donors (Lipinski definition) is 0. The zero-order chi connectivity index (χ0) is 23.9. The molecule has 178 valence electrons. The number of anilines is 1. The second-order valence-electron chi connectivity index (χ2n) is 9.04. The Labute approximate surface area is 198 Å². The Kier molecular flexibility index (Phi) is 5.89. The van der Waals surface area contributed by atoms with Crippen LogP contribution in [-0.2, 0) is 9.84 Å². The van der Waals surface area contributed by atoms with E-state index in [-0.39, 0.29) is 29.3 Å². The molecule has 1 atom stereocenters. The molecule has 3 heterocycles. The number of piperazine rings is 1. The van der Waals surface area contributed by atoms with Crippen molar-refractivity contribution in [2.24, 2.45) is 0 Å². The van der Waals surface area contributed by atoms with Gasteiger partial charge in [0.2, 0.25) is 0 Å². The zero-order valence-electron chi connectivity index (χ0n) is 19.0. The number of halogens is 1. The summed E-state index contributed by atoms with van der Waals surface area (Å²) in [5.41, 5.74) is 4.04. The van der Waals surface area contributed by atoms with Gasteiger partial charge in [-0.3, -0.25) is 9.48 Å². The molecule has 0 N–H and O–H groups in total. The van der Waals surface area contributed by atoms with Crippen molar-refractivity contribution in [3.63, 3.8) is 0 Å². The van der Waals surface area contributed by atoms with E-state index in [4.69, 9.17) is 0 Å². The van der Waals surface area contributed by atoms with Gasteiger partial charge in [-0.05, 0) is 49.2 Å². The topological polar surface area (TPSA) is 75.5 Å². The Hall–Kier alpha value is -3.20. The van der Waals surface area contributed by atoms with Gasteiger partial charge in [0, 0.05) is 31.9 Å². The average molecular weight is 483 g/mol. The standard InChI is InChI=1S/C25H27FN4O3S/c1-18-2-4-19(5-3-18)24-16-23(27-30(24)22-10-15-34(32,33)17-22)25(31)29-13-11-28(12-14-29)21-8-6-20(26)7-9-21/h2-9,16,22H,10-15,17H2,1H3/t22-/m1/s1. The molecule has 2 fully saturated rings. The highest BCUT2D eigenvalue weighted by Crippen LogP contribution is 2.31. The summed E-state index contributed by atoms with van der Waals surface area (Å²) in [7, 11) is -3.10. The molecule has 0 bridgehead atoms. The molecule has 5 rings (SSSR count). The molecule has 34 heavy (non-hydrogen) atoms. The van der Waals surface area contributed by atoms with Gasteiger partial charge in [-0.2, -0.15) is 5.10 Å². The van der Waals surface area contributed by atoms with Gasteiger partial charge in [0.25, 0.3) is 5.91 Å². The van der Waals surface area contributed by atoms with Crippen LogP contribution in [0.15, 0.2) is 54.6 Å². The Balaban J connectivity index is 1.38.